The Balaban J connectivity index is 0.00000312. The fraction of sp³-hybridized carbons (Fsp3) is 0.294. The van der Waals surface area contributed by atoms with Gasteiger partial charge in [-0.1, -0.05) is 23.7 Å². The number of nitrogens with zero attached hydrogens (tertiary/aromatic N) is 1. The summed E-state index contributed by atoms with van der Waals surface area (Å²) in [6, 6.07) is 9.24. The molecule has 1 heterocycles. The summed E-state index contributed by atoms with van der Waals surface area (Å²) in [7, 11) is 3.03. The van der Waals surface area contributed by atoms with Gasteiger partial charge in [-0.05, 0) is 30.7 Å². The third-order valence-electron chi connectivity index (χ3n) is 3.40. The molecule has 0 atom stereocenters. The second kappa shape index (κ2) is 10.3. The number of hydrogen-bond acceptors (Lipinski definition) is 4. The molecule has 0 aliphatic carbocycles. The topological polar surface area (TPSA) is 75.9 Å². The summed E-state index contributed by atoms with van der Waals surface area (Å²) in [5.74, 6) is 1.37. The zero-order valence-corrected chi connectivity index (χ0v) is 17.3. The molecule has 0 aliphatic heterocycles. The van der Waals surface area contributed by atoms with Crippen molar-refractivity contribution in [3.63, 3.8) is 0 Å². The molecule has 0 saturated heterocycles. The molecule has 0 fully saturated rings. The molecule has 0 spiro atoms. The van der Waals surface area contributed by atoms with Crippen LogP contribution in [0.4, 0.5) is 0 Å². The number of methoxy groups -OCH3 is 1. The fourth-order valence-electron chi connectivity index (χ4n) is 2.12. The van der Waals surface area contributed by atoms with Crippen molar-refractivity contribution in [2.24, 2.45) is 4.99 Å². The van der Waals surface area contributed by atoms with Crippen LogP contribution < -0.4 is 10.6 Å². The Kier molecular flexibility index (Phi) is 8.77. The molecule has 0 radical (unpaired) electrons. The van der Waals surface area contributed by atoms with Crippen LogP contribution in [-0.4, -0.2) is 26.1 Å². The number of hydrogen-bond donors (Lipinski definition) is 2. The van der Waals surface area contributed by atoms with Crippen LogP contribution in [0.15, 0.2) is 39.7 Å². The number of ether oxygens (including phenoxy) is 1. The Morgan fingerprint density at radius 3 is 2.48 bits per heavy atom. The van der Waals surface area contributed by atoms with Crippen molar-refractivity contribution in [3.8, 4) is 0 Å². The van der Waals surface area contributed by atoms with Gasteiger partial charge in [0.25, 0.3) is 0 Å². The quantitative estimate of drug-likeness (QED) is 0.298. The number of rotatable bonds is 5. The predicted octanol–water partition coefficient (Wildman–Crippen LogP) is 3.51. The van der Waals surface area contributed by atoms with Crippen molar-refractivity contribution in [2.45, 2.75) is 20.0 Å². The van der Waals surface area contributed by atoms with E-state index in [4.69, 9.17) is 20.8 Å². The molecule has 1 aromatic heterocycles. The summed E-state index contributed by atoms with van der Waals surface area (Å²) in [6.07, 6.45) is 0. The molecule has 0 saturated carbocycles. The van der Waals surface area contributed by atoms with Crippen LogP contribution in [0.1, 0.15) is 27.4 Å². The van der Waals surface area contributed by atoms with E-state index in [1.807, 2.05) is 24.3 Å². The number of carbonyl (C=O) groups is 1. The highest BCUT2D eigenvalue weighted by molar-refractivity contribution is 14.0. The monoisotopic (exact) mass is 477 g/mol. The van der Waals surface area contributed by atoms with E-state index in [0.29, 0.717) is 41.2 Å². The average Bonchev–Trinajstić information content (AvgIpc) is 2.96. The van der Waals surface area contributed by atoms with E-state index >= 15 is 0 Å². The third-order valence-corrected chi connectivity index (χ3v) is 3.65. The van der Waals surface area contributed by atoms with E-state index in [-0.39, 0.29) is 24.0 Å². The lowest BCUT2D eigenvalue weighted by Gasteiger charge is -2.11. The molecule has 2 N–H and O–H groups in total. The molecule has 2 rings (SSSR count). The first-order valence-electron chi connectivity index (χ1n) is 7.40. The first-order chi connectivity index (χ1) is 11.5. The van der Waals surface area contributed by atoms with Crippen LogP contribution in [0.5, 0.6) is 0 Å². The van der Waals surface area contributed by atoms with Crippen LogP contribution >= 0.6 is 35.6 Å². The lowest BCUT2D eigenvalue weighted by molar-refractivity contribution is 0.0599. The second-order valence-electron chi connectivity index (χ2n) is 5.08. The van der Waals surface area contributed by atoms with E-state index in [1.54, 1.807) is 20.0 Å². The number of nitrogens with one attached hydrogen (secondary N) is 2. The Labute approximate surface area is 169 Å². The third kappa shape index (κ3) is 6.24. The Morgan fingerprint density at radius 2 is 1.88 bits per heavy atom. The van der Waals surface area contributed by atoms with Crippen molar-refractivity contribution >= 4 is 47.5 Å². The van der Waals surface area contributed by atoms with Gasteiger partial charge < -0.3 is 19.8 Å². The van der Waals surface area contributed by atoms with Gasteiger partial charge in [-0.2, -0.15) is 0 Å². The molecular formula is C17H21ClIN3O3. The molecule has 0 bridgehead atoms. The molecule has 1 aromatic carbocycles. The van der Waals surface area contributed by atoms with E-state index < -0.39 is 5.97 Å². The van der Waals surface area contributed by atoms with Gasteiger partial charge in [0.1, 0.15) is 17.1 Å². The van der Waals surface area contributed by atoms with Gasteiger partial charge >= 0.3 is 5.97 Å². The predicted molar refractivity (Wildman–Crippen MR) is 109 cm³/mol. The Bertz CT molecular complexity index is 729. The van der Waals surface area contributed by atoms with Crippen LogP contribution in [0, 0.1) is 6.92 Å². The molecular weight excluding hydrogens is 457 g/mol. The van der Waals surface area contributed by atoms with Crippen LogP contribution in [0.3, 0.4) is 0 Å². The zero-order chi connectivity index (χ0) is 17.5. The van der Waals surface area contributed by atoms with Gasteiger partial charge in [0.15, 0.2) is 5.96 Å². The lowest BCUT2D eigenvalue weighted by Crippen LogP contribution is -2.36. The summed E-state index contributed by atoms with van der Waals surface area (Å²) in [6.45, 7) is 2.74. The number of carbonyl (C=O) groups excluding carboxylic acids is 1. The van der Waals surface area contributed by atoms with Gasteiger partial charge in [0, 0.05) is 18.6 Å². The number of aliphatic imine (C=N–C) groups is 1. The average molecular weight is 478 g/mol. The fourth-order valence-corrected chi connectivity index (χ4v) is 2.25. The summed E-state index contributed by atoms with van der Waals surface area (Å²) in [5.41, 5.74) is 1.52. The maximum absolute atomic E-state index is 11.6. The minimum atomic E-state index is -0.409. The van der Waals surface area contributed by atoms with Crippen molar-refractivity contribution in [3.05, 3.63) is 58.0 Å². The van der Waals surface area contributed by atoms with Crippen LogP contribution in [0.2, 0.25) is 5.02 Å². The first kappa shape index (κ1) is 21.3. The number of guanidine groups is 1. The highest BCUT2D eigenvalue weighted by atomic mass is 127. The zero-order valence-electron chi connectivity index (χ0n) is 14.3. The van der Waals surface area contributed by atoms with Crippen LogP contribution in [-0.2, 0) is 17.8 Å². The number of benzene rings is 1. The SMILES string of the molecule is CN=C(NCc1ccc(Cl)cc1)NCc1cc(C(=O)OC)c(C)o1.I. The van der Waals surface area contributed by atoms with Gasteiger partial charge in [-0.15, -0.1) is 24.0 Å². The molecule has 25 heavy (non-hydrogen) atoms. The van der Waals surface area contributed by atoms with Gasteiger partial charge in [-0.25, -0.2) is 4.79 Å². The van der Waals surface area contributed by atoms with Gasteiger partial charge in [0.05, 0.1) is 13.7 Å². The number of halogens is 2. The normalized spacial score (nSPS) is 10.8. The number of aryl methyl sites for hydroxylation is 1. The summed E-state index contributed by atoms with van der Waals surface area (Å²) >= 11 is 5.87. The molecule has 2 aromatic rings. The Hall–Kier alpha value is -1.74. The van der Waals surface area contributed by atoms with Crippen molar-refractivity contribution < 1.29 is 13.9 Å². The summed E-state index contributed by atoms with van der Waals surface area (Å²) < 4.78 is 10.3. The molecule has 136 valence electrons. The number of esters is 1. The van der Waals surface area contributed by atoms with Crippen molar-refractivity contribution in [1.29, 1.82) is 0 Å². The summed E-state index contributed by atoms with van der Waals surface area (Å²) in [5, 5.41) is 7.03. The van der Waals surface area contributed by atoms with Crippen LogP contribution in [0.25, 0.3) is 0 Å². The van der Waals surface area contributed by atoms with E-state index in [0.717, 1.165) is 5.56 Å². The molecule has 8 heteroatoms. The molecule has 0 unspecified atom stereocenters. The maximum atomic E-state index is 11.6. The summed E-state index contributed by atoms with van der Waals surface area (Å²) in [4.78, 5) is 15.7. The lowest BCUT2D eigenvalue weighted by atomic mass is 10.2. The molecule has 0 aliphatic rings. The van der Waals surface area contributed by atoms with Gasteiger partial charge in [0.2, 0.25) is 0 Å². The second-order valence-corrected chi connectivity index (χ2v) is 5.52. The highest BCUT2D eigenvalue weighted by Crippen LogP contribution is 2.15. The maximum Gasteiger partial charge on any atom is 0.341 e. The largest absolute Gasteiger partial charge is 0.465 e. The Morgan fingerprint density at radius 1 is 1.24 bits per heavy atom. The van der Waals surface area contributed by atoms with Gasteiger partial charge in [-0.3, -0.25) is 4.99 Å². The minimum Gasteiger partial charge on any atom is -0.465 e. The van der Waals surface area contributed by atoms with Crippen molar-refractivity contribution in [2.75, 3.05) is 14.2 Å². The smallest absolute Gasteiger partial charge is 0.341 e. The van der Waals surface area contributed by atoms with E-state index in [1.165, 1.54) is 7.11 Å². The first-order valence-corrected chi connectivity index (χ1v) is 7.78. The van der Waals surface area contributed by atoms with E-state index in [2.05, 4.69) is 15.6 Å². The highest BCUT2D eigenvalue weighted by Gasteiger charge is 2.15. The number of furan rings is 1. The standard InChI is InChI=1S/C17H20ClN3O3.HI/c1-11-15(16(22)23-3)8-14(24-11)10-21-17(19-2)20-9-12-4-6-13(18)7-5-12;/h4-8H,9-10H2,1-3H3,(H2,19,20,21);1H. The minimum absolute atomic E-state index is 0. The molecule has 0 amide bonds. The van der Waals surface area contributed by atoms with E-state index in [9.17, 15) is 4.79 Å². The molecule has 6 nitrogen and oxygen atoms in total. The van der Waals surface area contributed by atoms with Crippen molar-refractivity contribution in [1.82, 2.24) is 10.6 Å².